The Kier molecular flexibility index (Phi) is 5.63. The number of nitrogens with two attached hydrogens (primary N) is 1. The molecule has 0 fully saturated rings. The molecule has 0 unspecified atom stereocenters. The van der Waals surface area contributed by atoms with Crippen LogP contribution in [-0.4, -0.2) is 23.7 Å². The van der Waals surface area contributed by atoms with Crippen molar-refractivity contribution in [2.45, 2.75) is 26.8 Å². The molecule has 118 valence electrons. The standard InChI is InChI=1S/C17H21ClN2O2/c1-3-22-10-4-9-20-12(2)15(17(19)21)11-16(20)13-5-7-14(18)8-6-13/h5-8,11H,3-4,9-10H2,1-2H3,(H2,19,21). The van der Waals surface area contributed by atoms with Crippen LogP contribution >= 0.6 is 11.6 Å². The zero-order chi connectivity index (χ0) is 16.1. The Labute approximate surface area is 135 Å². The van der Waals surface area contributed by atoms with Gasteiger partial charge in [-0.3, -0.25) is 4.79 Å². The van der Waals surface area contributed by atoms with E-state index >= 15 is 0 Å². The minimum absolute atomic E-state index is 0.406. The molecule has 0 radical (unpaired) electrons. The molecule has 0 atom stereocenters. The van der Waals surface area contributed by atoms with Gasteiger partial charge in [0.25, 0.3) is 5.91 Å². The van der Waals surface area contributed by atoms with E-state index in [0.717, 1.165) is 29.9 Å². The first-order valence-corrected chi connectivity index (χ1v) is 7.76. The molecule has 0 saturated carbocycles. The Hall–Kier alpha value is -1.78. The van der Waals surface area contributed by atoms with Crippen molar-refractivity contribution in [3.05, 3.63) is 46.6 Å². The second-order valence-electron chi connectivity index (χ2n) is 5.10. The molecule has 0 aliphatic carbocycles. The number of ether oxygens (including phenoxy) is 1. The summed E-state index contributed by atoms with van der Waals surface area (Å²) >= 11 is 5.95. The molecule has 0 aliphatic rings. The fourth-order valence-corrected chi connectivity index (χ4v) is 2.64. The highest BCUT2D eigenvalue weighted by atomic mass is 35.5. The molecular weight excluding hydrogens is 300 g/mol. The van der Waals surface area contributed by atoms with E-state index in [0.29, 0.717) is 23.8 Å². The highest BCUT2D eigenvalue weighted by Gasteiger charge is 2.16. The number of halogens is 1. The molecule has 2 aromatic rings. The van der Waals surface area contributed by atoms with Gasteiger partial charge < -0.3 is 15.0 Å². The normalized spacial score (nSPS) is 10.9. The van der Waals surface area contributed by atoms with Gasteiger partial charge in [0.15, 0.2) is 0 Å². The number of carbonyl (C=O) groups is 1. The van der Waals surface area contributed by atoms with E-state index in [2.05, 4.69) is 4.57 Å². The van der Waals surface area contributed by atoms with Gasteiger partial charge in [0, 0.05) is 36.2 Å². The molecule has 0 bridgehead atoms. The molecule has 22 heavy (non-hydrogen) atoms. The highest BCUT2D eigenvalue weighted by Crippen LogP contribution is 2.27. The van der Waals surface area contributed by atoms with E-state index < -0.39 is 5.91 Å². The lowest BCUT2D eigenvalue weighted by atomic mass is 10.1. The third kappa shape index (κ3) is 3.70. The van der Waals surface area contributed by atoms with Crippen LogP contribution in [-0.2, 0) is 11.3 Å². The number of rotatable bonds is 7. The number of hydrogen-bond acceptors (Lipinski definition) is 2. The topological polar surface area (TPSA) is 57.2 Å². The third-order valence-electron chi connectivity index (χ3n) is 3.65. The maximum Gasteiger partial charge on any atom is 0.250 e. The van der Waals surface area contributed by atoms with E-state index in [-0.39, 0.29) is 0 Å². The van der Waals surface area contributed by atoms with E-state index in [1.54, 1.807) is 0 Å². The van der Waals surface area contributed by atoms with Crippen LogP contribution in [0.15, 0.2) is 30.3 Å². The van der Waals surface area contributed by atoms with Crippen molar-refractivity contribution in [3.8, 4) is 11.3 Å². The van der Waals surface area contributed by atoms with Crippen molar-refractivity contribution in [1.82, 2.24) is 4.57 Å². The van der Waals surface area contributed by atoms with Gasteiger partial charge in [0.2, 0.25) is 0 Å². The summed E-state index contributed by atoms with van der Waals surface area (Å²) in [5.74, 6) is -0.406. The molecule has 0 aliphatic heterocycles. The summed E-state index contributed by atoms with van der Waals surface area (Å²) in [7, 11) is 0. The van der Waals surface area contributed by atoms with Crippen LogP contribution in [0.3, 0.4) is 0 Å². The molecule has 1 heterocycles. The Bertz CT molecular complexity index is 647. The van der Waals surface area contributed by atoms with Gasteiger partial charge in [-0.1, -0.05) is 23.7 Å². The SMILES string of the molecule is CCOCCCn1c(-c2ccc(Cl)cc2)cc(C(N)=O)c1C. The Morgan fingerprint density at radius 1 is 1.32 bits per heavy atom. The summed E-state index contributed by atoms with van der Waals surface area (Å²) in [5.41, 5.74) is 8.90. The van der Waals surface area contributed by atoms with Gasteiger partial charge in [-0.15, -0.1) is 0 Å². The Morgan fingerprint density at radius 3 is 2.59 bits per heavy atom. The van der Waals surface area contributed by atoms with Gasteiger partial charge in [-0.2, -0.15) is 0 Å². The number of amides is 1. The maximum absolute atomic E-state index is 11.6. The molecular formula is C17H21ClN2O2. The summed E-state index contributed by atoms with van der Waals surface area (Å²) in [6.07, 6.45) is 0.877. The molecule has 1 aromatic heterocycles. The van der Waals surface area contributed by atoms with Crippen molar-refractivity contribution in [1.29, 1.82) is 0 Å². The van der Waals surface area contributed by atoms with Crippen LogP contribution in [0.5, 0.6) is 0 Å². The number of carbonyl (C=O) groups excluding carboxylic acids is 1. The largest absolute Gasteiger partial charge is 0.382 e. The fraction of sp³-hybridized carbons (Fsp3) is 0.353. The number of benzene rings is 1. The summed E-state index contributed by atoms with van der Waals surface area (Å²) in [6, 6.07) is 9.42. The summed E-state index contributed by atoms with van der Waals surface area (Å²) < 4.78 is 7.50. The van der Waals surface area contributed by atoms with Gasteiger partial charge in [-0.05, 0) is 44.0 Å². The predicted octanol–water partition coefficient (Wildman–Crippen LogP) is 3.64. The van der Waals surface area contributed by atoms with Gasteiger partial charge in [-0.25, -0.2) is 0 Å². The molecule has 2 rings (SSSR count). The van der Waals surface area contributed by atoms with E-state index in [9.17, 15) is 4.79 Å². The highest BCUT2D eigenvalue weighted by molar-refractivity contribution is 6.30. The predicted molar refractivity (Wildman–Crippen MR) is 89.2 cm³/mol. The molecule has 4 nitrogen and oxygen atoms in total. The average Bonchev–Trinajstić information content (AvgIpc) is 2.82. The smallest absolute Gasteiger partial charge is 0.250 e. The van der Waals surface area contributed by atoms with E-state index in [1.165, 1.54) is 0 Å². The van der Waals surface area contributed by atoms with Crippen LogP contribution in [0, 0.1) is 6.92 Å². The van der Waals surface area contributed by atoms with E-state index in [1.807, 2.05) is 44.2 Å². The lowest BCUT2D eigenvalue weighted by Gasteiger charge is -2.12. The van der Waals surface area contributed by atoms with Crippen LogP contribution in [0.4, 0.5) is 0 Å². The summed E-state index contributed by atoms with van der Waals surface area (Å²) in [5, 5.41) is 0.685. The summed E-state index contributed by atoms with van der Waals surface area (Å²) in [4.78, 5) is 11.6. The number of aromatic nitrogens is 1. The molecule has 0 saturated heterocycles. The van der Waals surface area contributed by atoms with Crippen molar-refractivity contribution in [2.75, 3.05) is 13.2 Å². The van der Waals surface area contributed by atoms with Gasteiger partial charge in [0.1, 0.15) is 0 Å². The first-order chi connectivity index (χ1) is 10.5. The second-order valence-corrected chi connectivity index (χ2v) is 5.54. The minimum Gasteiger partial charge on any atom is -0.382 e. The average molecular weight is 321 g/mol. The quantitative estimate of drug-likeness (QED) is 0.792. The first-order valence-electron chi connectivity index (χ1n) is 7.38. The zero-order valence-corrected chi connectivity index (χ0v) is 13.7. The maximum atomic E-state index is 11.6. The van der Waals surface area contributed by atoms with Crippen LogP contribution in [0.1, 0.15) is 29.4 Å². The Balaban J connectivity index is 2.35. The third-order valence-corrected chi connectivity index (χ3v) is 3.90. The zero-order valence-electron chi connectivity index (χ0n) is 12.9. The molecule has 0 spiro atoms. The van der Waals surface area contributed by atoms with Crippen LogP contribution in [0.25, 0.3) is 11.3 Å². The number of nitrogens with zero attached hydrogens (tertiary/aromatic N) is 1. The van der Waals surface area contributed by atoms with Gasteiger partial charge >= 0.3 is 0 Å². The molecule has 2 N–H and O–H groups in total. The molecule has 1 amide bonds. The lowest BCUT2D eigenvalue weighted by Crippen LogP contribution is -2.13. The monoisotopic (exact) mass is 320 g/mol. The first kappa shape index (κ1) is 16.6. The van der Waals surface area contributed by atoms with E-state index in [4.69, 9.17) is 22.1 Å². The summed E-state index contributed by atoms with van der Waals surface area (Å²) in [6.45, 7) is 6.07. The van der Waals surface area contributed by atoms with Crippen LogP contribution < -0.4 is 5.73 Å². The second kappa shape index (κ2) is 7.47. The number of primary amides is 1. The van der Waals surface area contributed by atoms with Crippen molar-refractivity contribution in [3.63, 3.8) is 0 Å². The van der Waals surface area contributed by atoms with Gasteiger partial charge in [0.05, 0.1) is 5.56 Å². The lowest BCUT2D eigenvalue weighted by molar-refractivity contribution is 0.0999. The van der Waals surface area contributed by atoms with Crippen molar-refractivity contribution >= 4 is 17.5 Å². The molecule has 5 heteroatoms. The van der Waals surface area contributed by atoms with Crippen LogP contribution in [0.2, 0.25) is 5.02 Å². The number of hydrogen-bond donors (Lipinski definition) is 1. The minimum atomic E-state index is -0.406. The fourth-order valence-electron chi connectivity index (χ4n) is 2.51. The van der Waals surface area contributed by atoms with Crippen molar-refractivity contribution < 1.29 is 9.53 Å². The van der Waals surface area contributed by atoms with Crippen molar-refractivity contribution in [2.24, 2.45) is 5.73 Å². The Morgan fingerprint density at radius 2 is 2.00 bits per heavy atom. The molecule has 1 aromatic carbocycles.